The molecule has 2 fully saturated rings. The van der Waals surface area contributed by atoms with Crippen molar-refractivity contribution in [1.29, 1.82) is 0 Å². The van der Waals surface area contributed by atoms with E-state index in [2.05, 4.69) is 51.9 Å². The Labute approximate surface area is 215 Å². The van der Waals surface area contributed by atoms with E-state index in [1.165, 1.54) is 6.42 Å². The van der Waals surface area contributed by atoms with Gasteiger partial charge in [0.2, 0.25) is 5.89 Å². The number of aromatic nitrogens is 2. The number of nitrogens with one attached hydrogen (secondary N) is 1. The average molecular weight is 455 g/mol. The maximum atomic E-state index is 10.8. The first-order valence-electron chi connectivity index (χ1n) is 11.3. The molecule has 0 radical (unpaired) electrons. The zero-order chi connectivity index (χ0) is 21.9. The van der Waals surface area contributed by atoms with E-state index in [0.29, 0.717) is 18.5 Å². The maximum absolute atomic E-state index is 10.8. The van der Waals surface area contributed by atoms with Crippen LogP contribution in [0.2, 0.25) is 0 Å². The van der Waals surface area contributed by atoms with E-state index in [4.69, 9.17) is 9.15 Å². The molecule has 2 atom stereocenters. The van der Waals surface area contributed by atoms with Crippen LogP contribution in [0.1, 0.15) is 62.0 Å². The van der Waals surface area contributed by atoms with Gasteiger partial charge in [0.15, 0.2) is 0 Å². The number of aliphatic carboxylic acids is 1. The summed E-state index contributed by atoms with van der Waals surface area (Å²) in [6.07, 6.45) is 5.26. The molecule has 2 aromatic carbocycles. The van der Waals surface area contributed by atoms with Gasteiger partial charge in [0, 0.05) is 17.6 Å². The molecule has 1 N–H and O–H groups in total. The van der Waals surface area contributed by atoms with Crippen LogP contribution in [0.25, 0.3) is 11.1 Å². The molecule has 1 aliphatic heterocycles. The van der Waals surface area contributed by atoms with Crippen molar-refractivity contribution in [2.75, 3.05) is 11.9 Å². The Kier molecular flexibility index (Phi) is 7.86. The fraction of sp³-hybridized carbons (Fsp3) is 0.400. The van der Waals surface area contributed by atoms with E-state index in [0.717, 1.165) is 54.0 Å². The normalized spacial score (nSPS) is 20.5. The molecule has 2 heterocycles. The third-order valence-corrected chi connectivity index (χ3v) is 6.47. The summed E-state index contributed by atoms with van der Waals surface area (Å²) in [6.45, 7) is 0.469. The zero-order valence-corrected chi connectivity index (χ0v) is 20.8. The van der Waals surface area contributed by atoms with Crippen LogP contribution in [-0.4, -0.2) is 22.8 Å². The van der Waals surface area contributed by atoms with Gasteiger partial charge >= 0.3 is 35.6 Å². The number of carbonyl (C=O) groups is 1. The standard InChI is InChI=1S/C25H27N3O4.Na/c29-23(30)14-16-4-13-22(31-15-16)19-7-5-17(6-8-19)18-9-11-21(12-10-18)26-25-28-27-24(32-25)20-2-1-3-20;/h5-12,16,20,22H,1-4,13-15H2,(H,26,28)(H,29,30);/q;+1/p-1/t16-,22+;/m0./s1. The van der Waals surface area contributed by atoms with Crippen LogP contribution >= 0.6 is 0 Å². The molecule has 1 saturated carbocycles. The van der Waals surface area contributed by atoms with Gasteiger partial charge < -0.3 is 24.4 Å². The van der Waals surface area contributed by atoms with Gasteiger partial charge in [-0.2, -0.15) is 0 Å². The maximum Gasteiger partial charge on any atom is 1.00 e. The summed E-state index contributed by atoms with van der Waals surface area (Å²) < 4.78 is 11.6. The van der Waals surface area contributed by atoms with E-state index in [1.54, 1.807) is 0 Å². The number of carboxylic acid groups (broad SMARTS) is 1. The van der Waals surface area contributed by atoms with Crippen molar-refractivity contribution in [3.63, 3.8) is 0 Å². The van der Waals surface area contributed by atoms with E-state index in [9.17, 15) is 9.90 Å². The van der Waals surface area contributed by atoms with Crippen molar-refractivity contribution in [2.24, 2.45) is 5.92 Å². The Morgan fingerprint density at radius 3 is 2.24 bits per heavy atom. The molecule has 7 nitrogen and oxygen atoms in total. The summed E-state index contributed by atoms with van der Waals surface area (Å²) in [4.78, 5) is 10.8. The number of rotatable bonds is 7. The molecule has 166 valence electrons. The number of carboxylic acids is 1. The van der Waals surface area contributed by atoms with Crippen LogP contribution in [0, 0.1) is 5.92 Å². The van der Waals surface area contributed by atoms with Crippen LogP contribution in [0.15, 0.2) is 52.9 Å². The third-order valence-electron chi connectivity index (χ3n) is 6.47. The first-order valence-corrected chi connectivity index (χ1v) is 11.3. The van der Waals surface area contributed by atoms with Gasteiger partial charge in [-0.25, -0.2) is 0 Å². The molecular formula is C25H26N3NaO4. The predicted octanol–water partition coefficient (Wildman–Crippen LogP) is 1.36. The Morgan fingerprint density at radius 2 is 1.67 bits per heavy atom. The van der Waals surface area contributed by atoms with Crippen LogP contribution in [0.4, 0.5) is 11.7 Å². The van der Waals surface area contributed by atoms with E-state index >= 15 is 0 Å². The van der Waals surface area contributed by atoms with Crippen molar-refractivity contribution < 1.29 is 48.6 Å². The second kappa shape index (κ2) is 10.8. The van der Waals surface area contributed by atoms with Gasteiger partial charge in [-0.05, 0) is 66.8 Å². The second-order valence-corrected chi connectivity index (χ2v) is 8.74. The number of nitrogens with zero attached hydrogens (tertiary/aromatic N) is 2. The minimum atomic E-state index is -1.00. The molecule has 3 aromatic rings. The Hall–Kier alpha value is -2.19. The van der Waals surface area contributed by atoms with Crippen molar-refractivity contribution in [3.05, 3.63) is 60.0 Å². The third kappa shape index (κ3) is 5.84. The number of hydrogen-bond donors (Lipinski definition) is 1. The summed E-state index contributed by atoms with van der Waals surface area (Å²) in [5.41, 5.74) is 4.26. The monoisotopic (exact) mass is 455 g/mol. The molecule has 33 heavy (non-hydrogen) atoms. The number of ether oxygens (including phenoxy) is 1. The van der Waals surface area contributed by atoms with Gasteiger partial charge in [-0.1, -0.05) is 47.9 Å². The number of anilines is 2. The van der Waals surface area contributed by atoms with Gasteiger partial charge in [0.25, 0.3) is 0 Å². The molecule has 5 rings (SSSR count). The fourth-order valence-corrected chi connectivity index (χ4v) is 4.33. The Morgan fingerprint density at radius 1 is 0.970 bits per heavy atom. The Bertz CT molecular complexity index is 1060. The van der Waals surface area contributed by atoms with E-state index < -0.39 is 5.97 Å². The molecule has 0 bridgehead atoms. The summed E-state index contributed by atoms with van der Waals surface area (Å²) >= 11 is 0. The molecule has 2 aliphatic rings. The first-order chi connectivity index (χ1) is 15.6. The van der Waals surface area contributed by atoms with Crippen molar-refractivity contribution >= 4 is 17.7 Å². The largest absolute Gasteiger partial charge is 1.00 e. The quantitative estimate of drug-likeness (QED) is 0.537. The van der Waals surface area contributed by atoms with Crippen molar-refractivity contribution in [3.8, 4) is 11.1 Å². The molecule has 0 amide bonds. The van der Waals surface area contributed by atoms with Gasteiger partial charge in [-0.15, -0.1) is 5.10 Å². The van der Waals surface area contributed by atoms with Gasteiger partial charge in [0.1, 0.15) is 0 Å². The van der Waals surface area contributed by atoms with Crippen LogP contribution in [0.5, 0.6) is 0 Å². The minimum absolute atomic E-state index is 0. The summed E-state index contributed by atoms with van der Waals surface area (Å²) in [5, 5.41) is 22.2. The second-order valence-electron chi connectivity index (χ2n) is 8.74. The van der Waals surface area contributed by atoms with E-state index in [-0.39, 0.29) is 48.0 Å². The number of benzene rings is 2. The molecule has 0 spiro atoms. The fourth-order valence-electron chi connectivity index (χ4n) is 4.33. The molecule has 0 unspecified atom stereocenters. The smallest absolute Gasteiger partial charge is 0.550 e. The molecule has 1 aromatic heterocycles. The summed E-state index contributed by atoms with van der Waals surface area (Å²) in [5.74, 6) is 0.204. The topological polar surface area (TPSA) is 100 Å². The summed E-state index contributed by atoms with van der Waals surface area (Å²) in [6, 6.07) is 16.9. The molecule has 8 heteroatoms. The van der Waals surface area contributed by atoms with Crippen molar-refractivity contribution in [2.45, 2.75) is 50.5 Å². The van der Waals surface area contributed by atoms with Gasteiger partial charge in [0.05, 0.1) is 12.7 Å². The van der Waals surface area contributed by atoms with Gasteiger partial charge in [-0.3, -0.25) is 0 Å². The van der Waals surface area contributed by atoms with Crippen molar-refractivity contribution in [1.82, 2.24) is 10.2 Å². The van der Waals surface area contributed by atoms with Crippen LogP contribution in [0.3, 0.4) is 0 Å². The number of hydrogen-bond acceptors (Lipinski definition) is 7. The number of carbonyl (C=O) groups excluding carboxylic acids is 1. The zero-order valence-electron chi connectivity index (χ0n) is 18.8. The molecule has 1 saturated heterocycles. The average Bonchev–Trinajstić information content (AvgIpc) is 3.21. The van der Waals surface area contributed by atoms with Crippen LogP contribution < -0.4 is 40.0 Å². The predicted molar refractivity (Wildman–Crippen MR) is 117 cm³/mol. The molecule has 1 aliphatic carbocycles. The first kappa shape index (κ1) is 24.0. The Balaban J connectivity index is 0.00000259. The molecular weight excluding hydrogens is 429 g/mol. The SMILES string of the molecule is O=C([O-])C[C@@H]1CC[C@H](c2ccc(-c3ccc(Nc4nnc(C5CCC5)o4)cc3)cc2)OC1.[Na+]. The summed E-state index contributed by atoms with van der Waals surface area (Å²) in [7, 11) is 0. The minimum Gasteiger partial charge on any atom is -0.550 e. The van der Waals surface area contributed by atoms with E-state index in [1.807, 2.05) is 12.1 Å². The van der Waals surface area contributed by atoms with Crippen LogP contribution in [-0.2, 0) is 9.53 Å².